The molecule has 0 bridgehead atoms. The molecule has 2 N–H and O–H groups in total. The van der Waals surface area contributed by atoms with E-state index in [0.717, 1.165) is 15.8 Å². The zero-order valence-electron chi connectivity index (χ0n) is 16.3. The number of hydrogen-bond donors (Lipinski definition) is 2. The Labute approximate surface area is 184 Å². The number of anilines is 2. The maximum absolute atomic E-state index is 12.5. The van der Waals surface area contributed by atoms with Crippen LogP contribution in [0.25, 0.3) is 0 Å². The first-order chi connectivity index (χ1) is 14.4. The number of halogens is 1. The number of amides is 1. The summed E-state index contributed by atoms with van der Waals surface area (Å²) in [5, 5.41) is 2.81. The van der Waals surface area contributed by atoms with Crippen LogP contribution >= 0.6 is 15.9 Å². The molecule has 0 fully saturated rings. The highest BCUT2D eigenvalue weighted by Gasteiger charge is 2.14. The number of carbonyl (C=O) groups is 1. The van der Waals surface area contributed by atoms with Gasteiger partial charge < -0.3 is 10.1 Å². The Balaban J connectivity index is 1.61. The van der Waals surface area contributed by atoms with Crippen LogP contribution in [0.2, 0.25) is 0 Å². The Morgan fingerprint density at radius 2 is 1.70 bits per heavy atom. The number of carbonyl (C=O) groups excluding carboxylic acids is 1. The Kier molecular flexibility index (Phi) is 7.12. The molecule has 0 spiro atoms. The summed E-state index contributed by atoms with van der Waals surface area (Å²) in [6.45, 7) is 0. The summed E-state index contributed by atoms with van der Waals surface area (Å²) in [6.07, 6.45) is 0.855. The number of hydrogen-bond acceptors (Lipinski definition) is 4. The van der Waals surface area contributed by atoms with Crippen molar-refractivity contribution in [2.75, 3.05) is 17.1 Å². The van der Waals surface area contributed by atoms with Crippen molar-refractivity contribution in [3.8, 4) is 5.75 Å². The maximum atomic E-state index is 12.5. The smallest absolute Gasteiger partial charge is 0.261 e. The van der Waals surface area contributed by atoms with Gasteiger partial charge in [-0.3, -0.25) is 9.52 Å². The molecule has 1 amide bonds. The second kappa shape index (κ2) is 9.77. The first kappa shape index (κ1) is 21.9. The summed E-state index contributed by atoms with van der Waals surface area (Å²) in [7, 11) is -2.09. The zero-order chi connectivity index (χ0) is 21.6. The van der Waals surface area contributed by atoms with Gasteiger partial charge in [0.1, 0.15) is 5.75 Å². The fourth-order valence-electron chi connectivity index (χ4n) is 2.82. The van der Waals surface area contributed by atoms with Crippen LogP contribution in [0.15, 0.2) is 82.2 Å². The van der Waals surface area contributed by atoms with E-state index in [1.807, 2.05) is 18.2 Å². The Morgan fingerprint density at radius 1 is 0.967 bits per heavy atom. The quantitative estimate of drug-likeness (QED) is 0.475. The van der Waals surface area contributed by atoms with E-state index in [9.17, 15) is 13.2 Å². The van der Waals surface area contributed by atoms with Crippen LogP contribution in [0.1, 0.15) is 12.0 Å². The van der Waals surface area contributed by atoms with Crippen LogP contribution in [0.4, 0.5) is 11.4 Å². The van der Waals surface area contributed by atoms with E-state index in [2.05, 4.69) is 26.0 Å². The van der Waals surface area contributed by atoms with Gasteiger partial charge >= 0.3 is 0 Å². The summed E-state index contributed by atoms with van der Waals surface area (Å²) in [5.41, 5.74) is 1.89. The Hall–Kier alpha value is -2.84. The number of aryl methyl sites for hydroxylation is 1. The molecule has 0 aromatic heterocycles. The van der Waals surface area contributed by atoms with Gasteiger partial charge in [0.2, 0.25) is 5.91 Å². The second-order valence-electron chi connectivity index (χ2n) is 6.52. The summed E-state index contributed by atoms with van der Waals surface area (Å²) >= 11 is 3.44. The Bertz CT molecular complexity index is 1130. The van der Waals surface area contributed by atoms with Crippen LogP contribution in [0.5, 0.6) is 5.75 Å². The molecule has 0 saturated heterocycles. The SMILES string of the molecule is COc1ccc(CCC(=O)Nc2cccc(NS(=O)(=O)c3ccccc3)c2)cc1Br. The highest BCUT2D eigenvalue weighted by atomic mass is 79.9. The second-order valence-corrected chi connectivity index (χ2v) is 9.05. The van der Waals surface area contributed by atoms with E-state index in [1.165, 1.54) is 12.1 Å². The number of nitrogens with one attached hydrogen (secondary N) is 2. The van der Waals surface area contributed by atoms with Crippen LogP contribution < -0.4 is 14.8 Å². The molecule has 0 atom stereocenters. The largest absolute Gasteiger partial charge is 0.496 e. The molecule has 0 saturated carbocycles. The third-order valence-electron chi connectivity index (χ3n) is 4.31. The molecule has 6 nitrogen and oxygen atoms in total. The van der Waals surface area contributed by atoms with Crippen molar-refractivity contribution in [1.29, 1.82) is 0 Å². The summed E-state index contributed by atoms with van der Waals surface area (Å²) in [5.74, 6) is 0.572. The van der Waals surface area contributed by atoms with Gasteiger partial charge in [-0.1, -0.05) is 30.3 Å². The average Bonchev–Trinajstić information content (AvgIpc) is 2.73. The molecule has 0 radical (unpaired) electrons. The lowest BCUT2D eigenvalue weighted by Gasteiger charge is -2.11. The van der Waals surface area contributed by atoms with Crippen molar-refractivity contribution in [1.82, 2.24) is 0 Å². The minimum Gasteiger partial charge on any atom is -0.496 e. The van der Waals surface area contributed by atoms with Crippen molar-refractivity contribution >= 4 is 43.2 Å². The molecule has 3 rings (SSSR count). The lowest BCUT2D eigenvalue weighted by molar-refractivity contribution is -0.116. The predicted molar refractivity (Wildman–Crippen MR) is 121 cm³/mol. The van der Waals surface area contributed by atoms with Crippen molar-refractivity contribution in [2.24, 2.45) is 0 Å². The van der Waals surface area contributed by atoms with E-state index < -0.39 is 10.0 Å². The fraction of sp³-hybridized carbons (Fsp3) is 0.136. The van der Waals surface area contributed by atoms with Gasteiger partial charge in [0.05, 0.1) is 22.2 Å². The van der Waals surface area contributed by atoms with Crippen LogP contribution in [-0.4, -0.2) is 21.4 Å². The van der Waals surface area contributed by atoms with Crippen molar-refractivity contribution < 1.29 is 17.9 Å². The van der Waals surface area contributed by atoms with Crippen molar-refractivity contribution in [3.05, 3.63) is 82.8 Å². The van der Waals surface area contributed by atoms with Crippen molar-refractivity contribution in [3.63, 3.8) is 0 Å². The standard InChI is InChI=1S/C22H21BrN2O4S/c1-29-21-12-10-16(14-20(21)23)11-13-22(26)24-17-6-5-7-18(15-17)25-30(27,28)19-8-3-2-4-9-19/h2-10,12,14-15,25H,11,13H2,1H3,(H,24,26). The first-order valence-electron chi connectivity index (χ1n) is 9.17. The first-order valence-corrected chi connectivity index (χ1v) is 11.5. The normalized spacial score (nSPS) is 11.0. The molecular formula is C22H21BrN2O4S. The lowest BCUT2D eigenvalue weighted by atomic mass is 10.1. The number of methoxy groups -OCH3 is 1. The van der Waals surface area contributed by atoms with E-state index in [4.69, 9.17) is 4.74 Å². The number of ether oxygens (including phenoxy) is 1. The van der Waals surface area contributed by atoms with Crippen LogP contribution in [0.3, 0.4) is 0 Å². The van der Waals surface area contributed by atoms with Gasteiger partial charge in [0, 0.05) is 12.1 Å². The van der Waals surface area contributed by atoms with E-state index in [-0.39, 0.29) is 10.8 Å². The molecule has 0 aliphatic carbocycles. The third kappa shape index (κ3) is 5.84. The Morgan fingerprint density at radius 3 is 2.40 bits per heavy atom. The van der Waals surface area contributed by atoms with E-state index >= 15 is 0 Å². The maximum Gasteiger partial charge on any atom is 0.261 e. The minimum absolute atomic E-state index is 0.162. The summed E-state index contributed by atoms with van der Waals surface area (Å²) < 4.78 is 33.5. The molecule has 0 aliphatic rings. The molecule has 30 heavy (non-hydrogen) atoms. The van der Waals surface area contributed by atoms with Gasteiger partial charge in [-0.15, -0.1) is 0 Å². The minimum atomic E-state index is -3.69. The molecule has 156 valence electrons. The molecule has 0 heterocycles. The van der Waals surface area contributed by atoms with Gasteiger partial charge in [0.25, 0.3) is 10.0 Å². The highest BCUT2D eigenvalue weighted by molar-refractivity contribution is 9.10. The number of rotatable bonds is 8. The average molecular weight is 489 g/mol. The topological polar surface area (TPSA) is 84.5 Å². The predicted octanol–water partition coefficient (Wildman–Crippen LogP) is 4.83. The van der Waals surface area contributed by atoms with Gasteiger partial charge in [-0.25, -0.2) is 8.42 Å². The third-order valence-corrected chi connectivity index (χ3v) is 6.33. The zero-order valence-corrected chi connectivity index (χ0v) is 18.7. The highest BCUT2D eigenvalue weighted by Crippen LogP contribution is 2.26. The van der Waals surface area contributed by atoms with Crippen LogP contribution in [-0.2, 0) is 21.2 Å². The summed E-state index contributed by atoms with van der Waals surface area (Å²) in [6, 6.07) is 20.4. The molecule has 0 unspecified atom stereocenters. The van der Waals surface area contributed by atoms with Gasteiger partial charge in [-0.05, 0) is 70.4 Å². The monoisotopic (exact) mass is 488 g/mol. The number of sulfonamides is 1. The van der Waals surface area contributed by atoms with E-state index in [0.29, 0.717) is 24.2 Å². The van der Waals surface area contributed by atoms with Crippen LogP contribution in [0, 0.1) is 0 Å². The van der Waals surface area contributed by atoms with E-state index in [1.54, 1.807) is 49.6 Å². The fourth-order valence-corrected chi connectivity index (χ4v) is 4.48. The lowest BCUT2D eigenvalue weighted by Crippen LogP contribution is -2.14. The molecule has 3 aromatic rings. The van der Waals surface area contributed by atoms with Gasteiger partial charge in [0.15, 0.2) is 0 Å². The molecule has 8 heteroatoms. The summed E-state index contributed by atoms with van der Waals surface area (Å²) in [4.78, 5) is 12.5. The van der Waals surface area contributed by atoms with Crippen molar-refractivity contribution in [2.45, 2.75) is 17.7 Å². The van der Waals surface area contributed by atoms with Gasteiger partial charge in [-0.2, -0.15) is 0 Å². The molecule has 3 aromatic carbocycles. The molecular weight excluding hydrogens is 468 g/mol. The number of benzene rings is 3. The molecule has 0 aliphatic heterocycles.